The lowest BCUT2D eigenvalue weighted by Gasteiger charge is -2.55. The van der Waals surface area contributed by atoms with Gasteiger partial charge in [-0.3, -0.25) is 4.79 Å². The molecule has 0 aromatic carbocycles. The topological polar surface area (TPSA) is 55.7 Å². The van der Waals surface area contributed by atoms with Gasteiger partial charge in [-0.25, -0.2) is 0 Å². The second kappa shape index (κ2) is 7.08. The van der Waals surface area contributed by atoms with Crippen LogP contribution in [0.4, 0.5) is 0 Å². The van der Waals surface area contributed by atoms with Crippen molar-refractivity contribution in [3.05, 3.63) is 16.6 Å². The Morgan fingerprint density at radius 1 is 1.33 bits per heavy atom. The molecule has 27 heavy (non-hydrogen) atoms. The summed E-state index contributed by atoms with van der Waals surface area (Å²) in [5, 5.41) is 3.25. The first-order valence-electron chi connectivity index (χ1n) is 10.7. The van der Waals surface area contributed by atoms with E-state index in [1.54, 1.807) is 0 Å². The molecule has 0 amide bonds. The predicted octanol–water partition coefficient (Wildman–Crippen LogP) is 4.88. The highest BCUT2D eigenvalue weighted by molar-refractivity contribution is 5.66. The van der Waals surface area contributed by atoms with Crippen LogP contribution >= 0.6 is 0 Å². The van der Waals surface area contributed by atoms with Crippen LogP contribution in [0.3, 0.4) is 0 Å². The zero-order valence-corrected chi connectivity index (χ0v) is 16.5. The van der Waals surface area contributed by atoms with Gasteiger partial charge in [-0.15, -0.1) is 12.3 Å². The molecule has 4 aliphatic rings. The van der Waals surface area contributed by atoms with Gasteiger partial charge in [0.2, 0.25) is 0 Å². The molecule has 0 aliphatic heterocycles. The van der Waals surface area contributed by atoms with Crippen molar-refractivity contribution in [2.75, 3.05) is 0 Å². The summed E-state index contributed by atoms with van der Waals surface area (Å²) in [6, 6.07) is -0.521. The number of ether oxygens (including phenoxy) is 1. The summed E-state index contributed by atoms with van der Waals surface area (Å²) in [5.41, 5.74) is 1.73. The van der Waals surface area contributed by atoms with E-state index in [0.717, 1.165) is 24.7 Å². The molecule has 0 aromatic rings. The molecule has 0 spiro atoms. The highest BCUT2D eigenvalue weighted by Crippen LogP contribution is 2.65. The molecule has 146 valence electrons. The Morgan fingerprint density at radius 3 is 2.81 bits per heavy atom. The maximum atomic E-state index is 11.5. The lowest BCUT2D eigenvalue weighted by molar-refractivity contribution is -0.148. The smallest absolute Gasteiger partial charge is 0.302 e. The van der Waals surface area contributed by atoms with Crippen molar-refractivity contribution in [1.82, 2.24) is 0 Å². The zero-order chi connectivity index (χ0) is 19.2. The monoisotopic (exact) mass is 369 g/mol. The largest absolute Gasteiger partial charge is 0.460 e. The van der Waals surface area contributed by atoms with Crippen LogP contribution in [0.5, 0.6) is 0 Å². The fraction of sp³-hybridized carbons (Fsp3) is 0.783. The zero-order valence-electron chi connectivity index (χ0n) is 16.5. The van der Waals surface area contributed by atoms with E-state index in [1.165, 1.54) is 51.0 Å². The van der Waals surface area contributed by atoms with Crippen LogP contribution in [-0.2, 0) is 9.53 Å². The number of nitrogens with zero attached hydrogens (tertiary/aromatic N) is 1. The summed E-state index contributed by atoms with van der Waals surface area (Å²) < 4.78 is 5.48. The van der Waals surface area contributed by atoms with Crippen LogP contribution in [0, 0.1) is 52.3 Å². The van der Waals surface area contributed by atoms with Gasteiger partial charge in [-0.2, -0.15) is 4.91 Å². The average Bonchev–Trinajstić information content (AvgIpc) is 3.06. The van der Waals surface area contributed by atoms with Crippen LogP contribution in [-0.4, -0.2) is 18.1 Å². The summed E-state index contributed by atoms with van der Waals surface area (Å²) in [7, 11) is 0. The SMILES string of the molecule is C#C[C@H]1CC[C@H]2[C@@H]3CCC4=CC(N=O)C(OC(C)=O)C[C@@H]4[C@H]3CC[C@]12CC. The lowest BCUT2D eigenvalue weighted by Crippen LogP contribution is -2.49. The number of hydrogen-bond acceptors (Lipinski definition) is 4. The molecule has 0 bridgehead atoms. The lowest BCUT2D eigenvalue weighted by atomic mass is 9.50. The molecule has 0 radical (unpaired) electrons. The second-order valence-electron chi connectivity index (χ2n) is 9.22. The third-order valence-corrected chi connectivity index (χ3v) is 8.52. The second-order valence-corrected chi connectivity index (χ2v) is 9.22. The number of hydrogen-bond donors (Lipinski definition) is 0. The molecular formula is C23H31NO3. The Kier molecular flexibility index (Phi) is 4.91. The molecule has 0 N–H and O–H groups in total. The average molecular weight is 370 g/mol. The van der Waals surface area contributed by atoms with Crippen LogP contribution in [0.15, 0.2) is 16.8 Å². The Hall–Kier alpha value is -1.63. The van der Waals surface area contributed by atoms with Crippen molar-refractivity contribution in [3.63, 3.8) is 0 Å². The van der Waals surface area contributed by atoms with E-state index in [-0.39, 0.29) is 5.97 Å². The van der Waals surface area contributed by atoms with Gasteiger partial charge in [0.25, 0.3) is 0 Å². The fourth-order valence-corrected chi connectivity index (χ4v) is 7.45. The number of carbonyl (C=O) groups is 1. The molecule has 3 fully saturated rings. The first-order chi connectivity index (χ1) is 13.0. The van der Waals surface area contributed by atoms with Gasteiger partial charge >= 0.3 is 5.97 Å². The van der Waals surface area contributed by atoms with Gasteiger partial charge in [-0.05, 0) is 80.5 Å². The minimum atomic E-state index is -0.521. The molecule has 0 saturated heterocycles. The van der Waals surface area contributed by atoms with E-state index < -0.39 is 12.1 Å². The normalized spacial score (nSPS) is 45.5. The van der Waals surface area contributed by atoms with Crippen LogP contribution in [0.25, 0.3) is 0 Å². The summed E-state index contributed by atoms with van der Waals surface area (Å²) in [4.78, 5) is 22.8. The van der Waals surface area contributed by atoms with E-state index >= 15 is 0 Å². The number of carbonyl (C=O) groups excluding carboxylic acids is 1. The van der Waals surface area contributed by atoms with E-state index in [1.807, 2.05) is 6.08 Å². The van der Waals surface area contributed by atoms with Crippen molar-refractivity contribution in [2.45, 2.75) is 77.4 Å². The van der Waals surface area contributed by atoms with E-state index in [9.17, 15) is 9.70 Å². The number of rotatable bonds is 3. The van der Waals surface area contributed by atoms with Crippen molar-refractivity contribution in [1.29, 1.82) is 0 Å². The first kappa shape index (κ1) is 18.7. The fourth-order valence-electron chi connectivity index (χ4n) is 7.45. The molecule has 4 rings (SSSR count). The maximum absolute atomic E-state index is 11.5. The molecule has 4 aliphatic carbocycles. The Balaban J connectivity index is 1.61. The molecule has 3 saturated carbocycles. The molecule has 0 heterocycles. The van der Waals surface area contributed by atoms with Gasteiger partial charge in [-0.1, -0.05) is 23.7 Å². The number of fused-ring (bicyclic) bond motifs is 5. The number of nitroso groups, excluding NO2 is 1. The third-order valence-electron chi connectivity index (χ3n) is 8.52. The van der Waals surface area contributed by atoms with Gasteiger partial charge < -0.3 is 4.74 Å². The number of allylic oxidation sites excluding steroid dienone is 1. The van der Waals surface area contributed by atoms with Gasteiger partial charge in [0.05, 0.1) is 0 Å². The Morgan fingerprint density at radius 2 is 2.15 bits per heavy atom. The van der Waals surface area contributed by atoms with E-state index in [0.29, 0.717) is 23.2 Å². The summed E-state index contributed by atoms with van der Waals surface area (Å²) in [5.74, 6) is 5.78. The molecule has 8 atom stereocenters. The first-order valence-corrected chi connectivity index (χ1v) is 10.7. The van der Waals surface area contributed by atoms with Crippen LogP contribution in [0.2, 0.25) is 0 Å². The minimum Gasteiger partial charge on any atom is -0.460 e. The Labute approximate surface area is 162 Å². The molecular weight excluding hydrogens is 338 g/mol. The molecule has 0 aromatic heterocycles. The standard InChI is InChI=1S/C23H31NO3/c1-4-16-7-9-20-18-8-6-15-12-21(24-26)22(27-14(3)25)13-19(15)17(18)10-11-23(16,20)5-2/h1,12,16-22H,5-11,13H2,2-3H3/t16-,17-,18+,19-,20-,21?,22?,23+/m0/s1. The molecule has 4 nitrogen and oxygen atoms in total. The predicted molar refractivity (Wildman–Crippen MR) is 105 cm³/mol. The Bertz CT molecular complexity index is 692. The van der Waals surface area contributed by atoms with Crippen LogP contribution in [0.1, 0.15) is 65.2 Å². The van der Waals surface area contributed by atoms with Crippen LogP contribution < -0.4 is 0 Å². The highest BCUT2D eigenvalue weighted by Gasteiger charge is 2.57. The van der Waals surface area contributed by atoms with Crippen molar-refractivity contribution in [3.8, 4) is 12.3 Å². The van der Waals surface area contributed by atoms with E-state index in [2.05, 4.69) is 18.0 Å². The number of esters is 1. The third kappa shape index (κ3) is 2.85. The quantitative estimate of drug-likeness (QED) is 0.308. The summed E-state index contributed by atoms with van der Waals surface area (Å²) >= 11 is 0. The molecule has 4 heteroatoms. The summed E-state index contributed by atoms with van der Waals surface area (Å²) in [6.07, 6.45) is 16.6. The van der Waals surface area contributed by atoms with Crippen molar-refractivity contribution < 1.29 is 9.53 Å². The maximum Gasteiger partial charge on any atom is 0.302 e. The van der Waals surface area contributed by atoms with Gasteiger partial charge in [0.15, 0.2) is 0 Å². The van der Waals surface area contributed by atoms with Crippen molar-refractivity contribution >= 4 is 5.97 Å². The minimum absolute atomic E-state index is 0.320. The van der Waals surface area contributed by atoms with Gasteiger partial charge in [0, 0.05) is 12.8 Å². The van der Waals surface area contributed by atoms with Crippen molar-refractivity contribution in [2.24, 2.45) is 40.2 Å². The van der Waals surface area contributed by atoms with Gasteiger partial charge in [0.1, 0.15) is 12.1 Å². The highest BCUT2D eigenvalue weighted by atomic mass is 16.5. The number of terminal acetylenes is 1. The summed E-state index contributed by atoms with van der Waals surface area (Å²) in [6.45, 7) is 3.74. The molecule has 2 unspecified atom stereocenters. The van der Waals surface area contributed by atoms with E-state index in [4.69, 9.17) is 11.2 Å².